The van der Waals surface area contributed by atoms with Crippen LogP contribution in [0.3, 0.4) is 0 Å². The third-order valence-corrected chi connectivity index (χ3v) is 4.96. The average Bonchev–Trinajstić information content (AvgIpc) is 3.08. The fraction of sp³-hybridized carbons (Fsp3) is 0.214. The second-order valence-corrected chi connectivity index (χ2v) is 6.98. The van der Waals surface area contributed by atoms with E-state index in [-0.39, 0.29) is 10.8 Å². The molecule has 0 amide bonds. The van der Waals surface area contributed by atoms with Gasteiger partial charge in [-0.2, -0.15) is 5.10 Å². The van der Waals surface area contributed by atoms with Crippen LogP contribution in [0.15, 0.2) is 47.8 Å². The molecule has 114 valence electrons. The van der Waals surface area contributed by atoms with Crippen LogP contribution in [-0.4, -0.2) is 33.2 Å². The van der Waals surface area contributed by atoms with Gasteiger partial charge in [0.05, 0.1) is 17.6 Å². The Kier molecular flexibility index (Phi) is 3.53. The van der Waals surface area contributed by atoms with Crippen LogP contribution >= 0.6 is 0 Å². The van der Waals surface area contributed by atoms with E-state index >= 15 is 0 Å². The molecule has 8 heteroatoms. The van der Waals surface area contributed by atoms with Crippen molar-refractivity contribution in [1.29, 1.82) is 0 Å². The Bertz CT molecular complexity index is 893. The van der Waals surface area contributed by atoms with Gasteiger partial charge < -0.3 is 0 Å². The zero-order chi connectivity index (χ0) is 15.7. The largest absolute Gasteiger partial charge is 0.241 e. The van der Waals surface area contributed by atoms with Gasteiger partial charge in [0.15, 0.2) is 5.03 Å². The molecule has 22 heavy (non-hydrogen) atoms. The number of rotatable bonds is 4. The Morgan fingerprint density at radius 3 is 2.50 bits per heavy atom. The van der Waals surface area contributed by atoms with Crippen LogP contribution < -0.4 is 0 Å². The van der Waals surface area contributed by atoms with Crippen LogP contribution in [0.2, 0.25) is 0 Å². The first-order valence-electron chi connectivity index (χ1n) is 6.65. The van der Waals surface area contributed by atoms with Gasteiger partial charge in [0.2, 0.25) is 9.84 Å². The van der Waals surface area contributed by atoms with Crippen molar-refractivity contribution in [2.75, 3.05) is 0 Å². The SMILES string of the molecule is Cc1ccc(-n2ccc(CS(=O)(=O)c3cnnn3C)n2)cc1. The maximum Gasteiger partial charge on any atom is 0.202 e. The van der Waals surface area contributed by atoms with Crippen LogP contribution in [-0.2, 0) is 22.6 Å². The van der Waals surface area contributed by atoms with E-state index in [4.69, 9.17) is 0 Å². The van der Waals surface area contributed by atoms with Crippen molar-refractivity contribution < 1.29 is 8.42 Å². The molecule has 0 unspecified atom stereocenters. The van der Waals surface area contributed by atoms with Gasteiger partial charge in [0.25, 0.3) is 0 Å². The minimum absolute atomic E-state index is 0.0809. The predicted octanol–water partition coefficient (Wildman–Crippen LogP) is 1.28. The van der Waals surface area contributed by atoms with E-state index in [9.17, 15) is 8.42 Å². The normalized spacial score (nSPS) is 11.7. The number of aromatic nitrogens is 5. The Balaban J connectivity index is 1.86. The lowest BCUT2D eigenvalue weighted by molar-refractivity contribution is 0.572. The third-order valence-electron chi connectivity index (χ3n) is 3.27. The first-order valence-corrected chi connectivity index (χ1v) is 8.30. The maximum atomic E-state index is 12.3. The predicted molar refractivity (Wildman–Crippen MR) is 80.2 cm³/mol. The number of nitrogens with zero attached hydrogens (tertiary/aromatic N) is 5. The highest BCUT2D eigenvalue weighted by molar-refractivity contribution is 7.90. The molecule has 0 aliphatic carbocycles. The molecule has 2 heterocycles. The van der Waals surface area contributed by atoms with E-state index < -0.39 is 9.84 Å². The Hall–Kier alpha value is -2.48. The molecule has 7 nitrogen and oxygen atoms in total. The fourth-order valence-corrected chi connectivity index (χ4v) is 3.45. The van der Waals surface area contributed by atoms with E-state index in [0.29, 0.717) is 5.69 Å². The third kappa shape index (κ3) is 2.77. The van der Waals surface area contributed by atoms with Crippen LogP contribution in [0.5, 0.6) is 0 Å². The highest BCUT2D eigenvalue weighted by Crippen LogP contribution is 2.15. The zero-order valence-corrected chi connectivity index (χ0v) is 13.0. The minimum atomic E-state index is -3.51. The number of sulfone groups is 1. The molecule has 2 aromatic heterocycles. The summed E-state index contributed by atoms with van der Waals surface area (Å²) in [6.45, 7) is 2.01. The highest BCUT2D eigenvalue weighted by atomic mass is 32.2. The quantitative estimate of drug-likeness (QED) is 0.724. The second-order valence-electron chi connectivity index (χ2n) is 5.04. The number of benzene rings is 1. The Labute approximate surface area is 128 Å². The summed E-state index contributed by atoms with van der Waals surface area (Å²) in [4.78, 5) is 0. The molecule has 0 fully saturated rings. The van der Waals surface area contributed by atoms with E-state index in [2.05, 4.69) is 15.4 Å². The number of hydrogen-bond donors (Lipinski definition) is 0. The summed E-state index contributed by atoms with van der Waals surface area (Å²) in [6, 6.07) is 9.53. The Morgan fingerprint density at radius 2 is 1.86 bits per heavy atom. The standard InChI is InChI=1S/C14H15N5O2S/c1-11-3-5-13(6-4-11)19-8-7-12(16-19)10-22(20,21)14-9-15-17-18(14)2/h3-9H,10H2,1-2H3. The summed E-state index contributed by atoms with van der Waals surface area (Å²) >= 11 is 0. The molecular weight excluding hydrogens is 302 g/mol. The van der Waals surface area contributed by atoms with Crippen molar-refractivity contribution >= 4 is 9.84 Å². The van der Waals surface area contributed by atoms with Crippen molar-refractivity contribution in [1.82, 2.24) is 24.8 Å². The van der Waals surface area contributed by atoms with Gasteiger partial charge in [-0.15, -0.1) is 5.10 Å². The topological polar surface area (TPSA) is 82.7 Å². The lowest BCUT2D eigenvalue weighted by Crippen LogP contribution is -2.11. The summed E-state index contributed by atoms with van der Waals surface area (Å²) in [6.07, 6.45) is 2.99. The van der Waals surface area contributed by atoms with Gasteiger partial charge in [0.1, 0.15) is 5.75 Å². The molecule has 0 aliphatic rings. The molecule has 3 rings (SSSR count). The Morgan fingerprint density at radius 1 is 1.14 bits per heavy atom. The van der Waals surface area contributed by atoms with Gasteiger partial charge in [-0.05, 0) is 25.1 Å². The lowest BCUT2D eigenvalue weighted by Gasteiger charge is -2.03. The van der Waals surface area contributed by atoms with Crippen LogP contribution in [0.25, 0.3) is 5.69 Å². The van der Waals surface area contributed by atoms with Crippen molar-refractivity contribution in [3.63, 3.8) is 0 Å². The minimum Gasteiger partial charge on any atom is -0.241 e. The van der Waals surface area contributed by atoms with Gasteiger partial charge in [-0.25, -0.2) is 17.8 Å². The number of aryl methyl sites for hydroxylation is 2. The number of hydrogen-bond acceptors (Lipinski definition) is 5. The van der Waals surface area contributed by atoms with E-state index in [1.165, 1.54) is 10.9 Å². The molecule has 0 saturated heterocycles. The van der Waals surface area contributed by atoms with Gasteiger partial charge >= 0.3 is 0 Å². The van der Waals surface area contributed by atoms with Gasteiger partial charge in [-0.3, -0.25) is 0 Å². The monoisotopic (exact) mass is 317 g/mol. The van der Waals surface area contributed by atoms with Crippen molar-refractivity contribution in [3.8, 4) is 5.69 Å². The molecule has 0 atom stereocenters. The van der Waals surface area contributed by atoms with E-state index in [0.717, 1.165) is 11.3 Å². The van der Waals surface area contributed by atoms with Gasteiger partial charge in [-0.1, -0.05) is 22.9 Å². The smallest absolute Gasteiger partial charge is 0.202 e. The van der Waals surface area contributed by atoms with Crippen molar-refractivity contribution in [2.24, 2.45) is 7.05 Å². The zero-order valence-electron chi connectivity index (χ0n) is 12.2. The average molecular weight is 317 g/mol. The second kappa shape index (κ2) is 5.38. The first-order chi connectivity index (χ1) is 10.5. The molecule has 0 spiro atoms. The molecule has 0 saturated carbocycles. The lowest BCUT2D eigenvalue weighted by atomic mass is 10.2. The van der Waals surface area contributed by atoms with Crippen LogP contribution in [0, 0.1) is 6.92 Å². The summed E-state index contributed by atoms with van der Waals surface area (Å²) in [5, 5.41) is 11.6. The van der Waals surface area contributed by atoms with Crippen LogP contribution in [0.4, 0.5) is 0 Å². The molecule has 1 aromatic carbocycles. The molecule has 0 aliphatic heterocycles. The molecule has 0 radical (unpaired) electrons. The summed E-state index contributed by atoms with van der Waals surface area (Å²) in [5.74, 6) is -0.187. The first kappa shape index (κ1) is 14.5. The van der Waals surface area contributed by atoms with Crippen molar-refractivity contribution in [2.45, 2.75) is 17.7 Å². The molecule has 3 aromatic rings. The summed E-state index contributed by atoms with van der Waals surface area (Å²) in [7, 11) is -1.97. The molecular formula is C14H15N5O2S. The fourth-order valence-electron chi connectivity index (χ4n) is 2.11. The highest BCUT2D eigenvalue weighted by Gasteiger charge is 2.21. The van der Waals surface area contributed by atoms with E-state index in [1.807, 2.05) is 31.2 Å². The van der Waals surface area contributed by atoms with E-state index in [1.54, 1.807) is 24.0 Å². The van der Waals surface area contributed by atoms with Crippen molar-refractivity contribution in [3.05, 3.63) is 54.0 Å². The molecule has 0 N–H and O–H groups in total. The molecule has 0 bridgehead atoms. The maximum absolute atomic E-state index is 12.3. The van der Waals surface area contributed by atoms with Crippen LogP contribution in [0.1, 0.15) is 11.3 Å². The van der Waals surface area contributed by atoms with Gasteiger partial charge in [0, 0.05) is 13.2 Å². The summed E-state index contributed by atoms with van der Waals surface area (Å²) < 4.78 is 27.5. The summed E-state index contributed by atoms with van der Waals surface area (Å²) in [5.41, 5.74) is 2.51.